The minimum Gasteiger partial charge on any atom is -0.352 e. The van der Waals surface area contributed by atoms with Crippen LogP contribution in [0.2, 0.25) is 0 Å². The van der Waals surface area contributed by atoms with Crippen molar-refractivity contribution in [3.8, 4) is 11.4 Å². The summed E-state index contributed by atoms with van der Waals surface area (Å²) in [5, 5.41) is 11.8. The van der Waals surface area contributed by atoms with Crippen molar-refractivity contribution in [3.05, 3.63) is 29.8 Å². The Hall–Kier alpha value is -2.02. The van der Waals surface area contributed by atoms with Gasteiger partial charge in [0.25, 0.3) is 0 Å². The largest absolute Gasteiger partial charge is 0.352 e. The van der Waals surface area contributed by atoms with Gasteiger partial charge in [-0.05, 0) is 32.6 Å². The topological polar surface area (TPSA) is 85.8 Å². The molecule has 3 atom stereocenters. The average Bonchev–Trinajstić information content (AvgIpc) is 2.98. The van der Waals surface area contributed by atoms with E-state index in [0.717, 1.165) is 12.0 Å². The molecule has 26 heavy (non-hydrogen) atoms. The van der Waals surface area contributed by atoms with E-state index in [0.29, 0.717) is 16.9 Å². The summed E-state index contributed by atoms with van der Waals surface area (Å²) in [7, 11) is 0. The summed E-state index contributed by atoms with van der Waals surface area (Å²) in [5.41, 5.74) is 2.08. The van der Waals surface area contributed by atoms with Crippen LogP contribution in [-0.4, -0.2) is 32.1 Å². The summed E-state index contributed by atoms with van der Waals surface area (Å²) < 4.78 is 1.46. The predicted octanol–water partition coefficient (Wildman–Crippen LogP) is 3.14. The van der Waals surface area contributed by atoms with Gasteiger partial charge < -0.3 is 11.2 Å². The molecule has 1 aromatic heterocycles. The van der Waals surface area contributed by atoms with Gasteiger partial charge in [-0.2, -0.15) is 0 Å². The third-order valence-electron chi connectivity index (χ3n) is 5.06. The van der Waals surface area contributed by atoms with Crippen LogP contribution in [0.3, 0.4) is 0 Å². The van der Waals surface area contributed by atoms with Gasteiger partial charge in [0.1, 0.15) is 0 Å². The van der Waals surface area contributed by atoms with Crippen molar-refractivity contribution >= 4 is 17.7 Å². The second kappa shape index (κ2) is 8.12. The van der Waals surface area contributed by atoms with E-state index < -0.39 is 0 Å². The number of benzene rings is 1. The highest BCUT2D eigenvalue weighted by molar-refractivity contribution is 8.00. The first kappa shape index (κ1) is 18.8. The Morgan fingerprint density at radius 2 is 1.96 bits per heavy atom. The molecule has 140 valence electrons. The van der Waals surface area contributed by atoms with Gasteiger partial charge in [-0.1, -0.05) is 61.4 Å². The zero-order valence-corrected chi connectivity index (χ0v) is 16.4. The quantitative estimate of drug-likeness (QED) is 0.621. The molecular weight excluding hydrogens is 346 g/mol. The fraction of sp³-hybridized carbons (Fsp3) is 0.526. The van der Waals surface area contributed by atoms with Crippen LogP contribution in [0.15, 0.2) is 29.4 Å². The summed E-state index contributed by atoms with van der Waals surface area (Å²) >= 11 is 1.34. The standard InChI is InChI=1S/C19H27N5OS/c1-12-8-10-15(11-9-12)17-22-23-19(24(17)20)26-14(3)18(25)21-16-7-5-4-6-13(16)2/h8-11,13-14,16H,4-7,20H2,1-3H3,(H,21,25). The third kappa shape index (κ3) is 4.20. The van der Waals surface area contributed by atoms with Crippen LogP contribution < -0.4 is 11.2 Å². The second-order valence-corrected chi connectivity index (χ2v) is 8.49. The van der Waals surface area contributed by atoms with E-state index in [-0.39, 0.29) is 17.2 Å². The maximum absolute atomic E-state index is 12.6. The number of nitrogen functional groups attached to an aromatic ring is 1. The Kier molecular flexibility index (Phi) is 5.86. The van der Waals surface area contributed by atoms with Crippen LogP contribution >= 0.6 is 11.8 Å². The molecule has 0 aliphatic heterocycles. The molecule has 1 aliphatic rings. The molecule has 0 saturated heterocycles. The molecule has 1 saturated carbocycles. The van der Waals surface area contributed by atoms with Crippen molar-refractivity contribution in [2.45, 2.75) is 62.9 Å². The van der Waals surface area contributed by atoms with Crippen molar-refractivity contribution in [1.82, 2.24) is 20.2 Å². The molecule has 0 spiro atoms. The normalized spacial score (nSPS) is 21.3. The van der Waals surface area contributed by atoms with Gasteiger partial charge in [0.05, 0.1) is 5.25 Å². The molecule has 1 aliphatic carbocycles. The lowest BCUT2D eigenvalue weighted by Gasteiger charge is -2.30. The zero-order valence-electron chi connectivity index (χ0n) is 15.6. The maximum Gasteiger partial charge on any atom is 0.233 e. The Bertz CT molecular complexity index is 758. The number of hydrogen-bond donors (Lipinski definition) is 2. The predicted molar refractivity (Wildman–Crippen MR) is 105 cm³/mol. The SMILES string of the molecule is Cc1ccc(-c2nnc(SC(C)C(=O)NC3CCCCC3C)n2N)cc1. The zero-order chi connectivity index (χ0) is 18.7. The van der Waals surface area contributed by atoms with Gasteiger partial charge in [-0.15, -0.1) is 10.2 Å². The highest BCUT2D eigenvalue weighted by atomic mass is 32.2. The number of rotatable bonds is 5. The molecule has 2 aromatic rings. The molecule has 1 heterocycles. The van der Waals surface area contributed by atoms with Gasteiger partial charge in [0.2, 0.25) is 11.1 Å². The number of aromatic nitrogens is 3. The number of carbonyl (C=O) groups is 1. The van der Waals surface area contributed by atoms with E-state index in [1.807, 2.05) is 38.1 Å². The van der Waals surface area contributed by atoms with Gasteiger partial charge in [-0.25, -0.2) is 4.68 Å². The molecule has 3 rings (SSSR count). The van der Waals surface area contributed by atoms with Crippen LogP contribution in [0, 0.1) is 12.8 Å². The van der Waals surface area contributed by atoms with Crippen LogP contribution in [0.4, 0.5) is 0 Å². The summed E-state index contributed by atoms with van der Waals surface area (Å²) in [6, 6.07) is 8.24. The number of aryl methyl sites for hydroxylation is 1. The van der Waals surface area contributed by atoms with E-state index in [9.17, 15) is 4.79 Å². The third-order valence-corrected chi connectivity index (χ3v) is 6.12. The van der Waals surface area contributed by atoms with E-state index in [2.05, 4.69) is 22.4 Å². The molecule has 0 bridgehead atoms. The Morgan fingerprint density at radius 3 is 2.65 bits per heavy atom. The number of thioether (sulfide) groups is 1. The van der Waals surface area contributed by atoms with Gasteiger partial charge >= 0.3 is 0 Å². The first-order valence-corrected chi connectivity index (χ1v) is 10.1. The summed E-state index contributed by atoms with van der Waals surface area (Å²) in [4.78, 5) is 12.6. The van der Waals surface area contributed by atoms with Crippen molar-refractivity contribution in [2.75, 3.05) is 5.84 Å². The van der Waals surface area contributed by atoms with E-state index in [1.165, 1.54) is 41.3 Å². The van der Waals surface area contributed by atoms with Crippen molar-refractivity contribution < 1.29 is 4.79 Å². The number of carbonyl (C=O) groups excluding carboxylic acids is 1. The van der Waals surface area contributed by atoms with E-state index in [4.69, 9.17) is 5.84 Å². The van der Waals surface area contributed by atoms with E-state index in [1.54, 1.807) is 0 Å². The molecule has 1 amide bonds. The van der Waals surface area contributed by atoms with Crippen LogP contribution in [0.1, 0.15) is 45.1 Å². The van der Waals surface area contributed by atoms with Crippen molar-refractivity contribution in [2.24, 2.45) is 5.92 Å². The smallest absolute Gasteiger partial charge is 0.233 e. The molecule has 3 unspecified atom stereocenters. The lowest BCUT2D eigenvalue weighted by Crippen LogP contribution is -2.44. The lowest BCUT2D eigenvalue weighted by atomic mass is 9.86. The molecule has 1 fully saturated rings. The summed E-state index contributed by atoms with van der Waals surface area (Å²) in [6.45, 7) is 6.13. The Balaban J connectivity index is 1.65. The monoisotopic (exact) mass is 373 g/mol. The molecule has 3 N–H and O–H groups in total. The van der Waals surface area contributed by atoms with Crippen molar-refractivity contribution in [1.29, 1.82) is 0 Å². The van der Waals surface area contributed by atoms with Crippen LogP contribution in [0.5, 0.6) is 0 Å². The fourth-order valence-electron chi connectivity index (χ4n) is 3.30. The minimum atomic E-state index is -0.276. The molecule has 7 heteroatoms. The number of amides is 1. The molecular formula is C19H27N5OS. The maximum atomic E-state index is 12.6. The minimum absolute atomic E-state index is 0.0358. The molecule has 0 radical (unpaired) electrons. The number of hydrogen-bond acceptors (Lipinski definition) is 5. The highest BCUT2D eigenvalue weighted by Gasteiger charge is 2.26. The Morgan fingerprint density at radius 1 is 1.27 bits per heavy atom. The van der Waals surface area contributed by atoms with Gasteiger partial charge in [0, 0.05) is 11.6 Å². The van der Waals surface area contributed by atoms with Crippen molar-refractivity contribution in [3.63, 3.8) is 0 Å². The van der Waals surface area contributed by atoms with E-state index >= 15 is 0 Å². The molecule has 1 aromatic carbocycles. The number of nitrogens with zero attached hydrogens (tertiary/aromatic N) is 3. The van der Waals surface area contributed by atoms with Gasteiger partial charge in [-0.3, -0.25) is 4.79 Å². The second-order valence-electron chi connectivity index (χ2n) is 7.18. The average molecular weight is 374 g/mol. The molecule has 6 nitrogen and oxygen atoms in total. The lowest BCUT2D eigenvalue weighted by molar-refractivity contribution is -0.121. The number of nitrogens with two attached hydrogens (primary N) is 1. The fourth-order valence-corrected chi connectivity index (χ4v) is 4.08. The van der Waals surface area contributed by atoms with Gasteiger partial charge in [0.15, 0.2) is 5.82 Å². The number of nitrogens with one attached hydrogen (secondary N) is 1. The highest BCUT2D eigenvalue weighted by Crippen LogP contribution is 2.27. The Labute approximate surface area is 158 Å². The first-order valence-electron chi connectivity index (χ1n) is 9.20. The summed E-state index contributed by atoms with van der Waals surface area (Å²) in [6.07, 6.45) is 4.70. The van der Waals surface area contributed by atoms with Crippen LogP contribution in [-0.2, 0) is 4.79 Å². The summed E-state index contributed by atoms with van der Waals surface area (Å²) in [5.74, 6) is 7.34. The first-order chi connectivity index (χ1) is 12.5. The van der Waals surface area contributed by atoms with Crippen LogP contribution in [0.25, 0.3) is 11.4 Å².